The summed E-state index contributed by atoms with van der Waals surface area (Å²) in [6, 6.07) is 12.9. The average Bonchev–Trinajstić information content (AvgIpc) is 2.70. The summed E-state index contributed by atoms with van der Waals surface area (Å²) in [5.41, 5.74) is 1.32. The van der Waals surface area contributed by atoms with Gasteiger partial charge in [-0.15, -0.1) is 0 Å². The van der Waals surface area contributed by atoms with E-state index in [1.807, 2.05) is 13.8 Å². The van der Waals surface area contributed by atoms with Crippen LogP contribution in [0.4, 0.5) is 0 Å². The lowest BCUT2D eigenvalue weighted by molar-refractivity contribution is 0.0875. The minimum atomic E-state index is -0.762. The molecule has 2 aromatic rings. The summed E-state index contributed by atoms with van der Waals surface area (Å²) in [6.07, 6.45) is -1.06. The minimum Gasteiger partial charge on any atom is -0.508 e. The molecule has 0 heterocycles. The summed E-state index contributed by atoms with van der Waals surface area (Å²) < 4.78 is 5.54. The maximum atomic E-state index is 11.6. The molecule has 2 aromatic carbocycles. The molecule has 0 aliphatic rings. The van der Waals surface area contributed by atoms with Gasteiger partial charge < -0.3 is 25.4 Å². The lowest BCUT2D eigenvalue weighted by Crippen LogP contribution is -2.39. The summed E-state index contributed by atoms with van der Waals surface area (Å²) in [5, 5.41) is 32.8. The molecule has 0 fully saturated rings. The first-order valence-electron chi connectivity index (χ1n) is 9.05. The van der Waals surface area contributed by atoms with E-state index < -0.39 is 12.2 Å². The second-order valence-electron chi connectivity index (χ2n) is 6.50. The molecule has 3 atom stereocenters. The second kappa shape index (κ2) is 10.1. The molecule has 4 N–H and O–H groups in total. The first-order chi connectivity index (χ1) is 12.9. The molecule has 0 aromatic heterocycles. The zero-order chi connectivity index (χ0) is 19.8. The lowest BCUT2D eigenvalue weighted by Gasteiger charge is -2.22. The highest BCUT2D eigenvalue weighted by molar-refractivity contribution is 5.95. The molecule has 6 heteroatoms. The number of carbonyl (C=O) groups excluding carboxylic acids is 1. The van der Waals surface area contributed by atoms with Crippen molar-refractivity contribution in [2.75, 3.05) is 13.2 Å². The first kappa shape index (κ1) is 20.9. The number of aliphatic hydroxyl groups excluding tert-OH is 2. The molecule has 6 nitrogen and oxygen atoms in total. The topological polar surface area (TPSA) is 99.0 Å². The highest BCUT2D eigenvalue weighted by Gasteiger charge is 2.17. The van der Waals surface area contributed by atoms with Gasteiger partial charge in [0.05, 0.1) is 6.10 Å². The van der Waals surface area contributed by atoms with Gasteiger partial charge in [0.2, 0.25) is 0 Å². The van der Waals surface area contributed by atoms with Crippen LogP contribution in [0.1, 0.15) is 42.3 Å². The van der Waals surface area contributed by atoms with Crippen molar-refractivity contribution in [1.82, 2.24) is 5.32 Å². The Hall–Kier alpha value is -2.41. The van der Waals surface area contributed by atoms with Crippen molar-refractivity contribution < 1.29 is 24.9 Å². The van der Waals surface area contributed by atoms with Gasteiger partial charge in [0, 0.05) is 24.6 Å². The normalized spacial score (nSPS) is 14.4. The Balaban J connectivity index is 1.76. The number of phenolic OH excluding ortho intramolecular Hbond substituents is 1. The molecular weight excluding hydrogens is 346 g/mol. The number of ketones is 1. The van der Waals surface area contributed by atoms with Gasteiger partial charge >= 0.3 is 0 Å². The zero-order valence-electron chi connectivity index (χ0n) is 15.6. The third-order valence-corrected chi connectivity index (χ3v) is 4.32. The van der Waals surface area contributed by atoms with E-state index in [4.69, 9.17) is 4.74 Å². The fraction of sp³-hybridized carbons (Fsp3) is 0.381. The van der Waals surface area contributed by atoms with E-state index in [9.17, 15) is 20.1 Å². The maximum absolute atomic E-state index is 11.6. The van der Waals surface area contributed by atoms with Crippen molar-refractivity contribution in [3.8, 4) is 11.5 Å². The summed E-state index contributed by atoms with van der Waals surface area (Å²) in [7, 11) is 0. The van der Waals surface area contributed by atoms with Crippen molar-refractivity contribution in [1.29, 1.82) is 0 Å². The van der Waals surface area contributed by atoms with Crippen LogP contribution in [0, 0.1) is 0 Å². The third kappa shape index (κ3) is 6.36. The van der Waals surface area contributed by atoms with Gasteiger partial charge in [-0.1, -0.05) is 19.1 Å². The van der Waals surface area contributed by atoms with Crippen LogP contribution in [0.25, 0.3) is 0 Å². The first-order valence-corrected chi connectivity index (χ1v) is 9.05. The van der Waals surface area contributed by atoms with Crippen molar-refractivity contribution in [3.63, 3.8) is 0 Å². The van der Waals surface area contributed by atoms with Crippen LogP contribution in [-0.2, 0) is 0 Å². The van der Waals surface area contributed by atoms with Crippen LogP contribution in [0.5, 0.6) is 11.5 Å². The van der Waals surface area contributed by atoms with Crippen LogP contribution >= 0.6 is 0 Å². The molecule has 0 bridgehead atoms. The monoisotopic (exact) mass is 373 g/mol. The molecule has 0 saturated heterocycles. The van der Waals surface area contributed by atoms with Crippen LogP contribution in [0.15, 0.2) is 48.5 Å². The lowest BCUT2D eigenvalue weighted by atomic mass is 10.0. The number of aliphatic hydroxyl groups is 2. The van der Waals surface area contributed by atoms with E-state index in [2.05, 4.69) is 5.32 Å². The molecular formula is C21H27NO5. The van der Waals surface area contributed by atoms with E-state index in [0.717, 1.165) is 0 Å². The number of hydrogen-bond acceptors (Lipinski definition) is 6. The van der Waals surface area contributed by atoms with E-state index >= 15 is 0 Å². The van der Waals surface area contributed by atoms with Crippen LogP contribution in [0.2, 0.25) is 0 Å². The second-order valence-corrected chi connectivity index (χ2v) is 6.50. The molecule has 146 valence electrons. The van der Waals surface area contributed by atoms with Crippen molar-refractivity contribution >= 4 is 5.78 Å². The SMILES string of the molecule is CCC(=O)c1ccc(OC[C@H](O)CN[C@@H](C)[C@@H](O)c2ccc(O)cc2)cc1. The Morgan fingerprint density at radius 2 is 1.70 bits per heavy atom. The molecule has 2 rings (SSSR count). The summed E-state index contributed by atoms with van der Waals surface area (Å²) in [6.45, 7) is 3.98. The molecule has 0 amide bonds. The van der Waals surface area contributed by atoms with Crippen molar-refractivity contribution in [3.05, 3.63) is 59.7 Å². The highest BCUT2D eigenvalue weighted by Crippen LogP contribution is 2.19. The number of ether oxygens (including phenoxy) is 1. The van der Waals surface area contributed by atoms with Gasteiger partial charge in [-0.2, -0.15) is 0 Å². The Morgan fingerprint density at radius 3 is 2.30 bits per heavy atom. The van der Waals surface area contributed by atoms with Gasteiger partial charge in [-0.05, 0) is 48.9 Å². The highest BCUT2D eigenvalue weighted by atomic mass is 16.5. The van der Waals surface area contributed by atoms with Gasteiger partial charge in [0.25, 0.3) is 0 Å². The number of Topliss-reactive ketones (excluding diaryl/α,β-unsaturated/α-hetero) is 1. The van der Waals surface area contributed by atoms with Crippen LogP contribution in [0.3, 0.4) is 0 Å². The Labute approximate surface area is 159 Å². The number of aromatic hydroxyl groups is 1. The largest absolute Gasteiger partial charge is 0.508 e. The molecule has 27 heavy (non-hydrogen) atoms. The number of nitrogens with one attached hydrogen (secondary N) is 1. The minimum absolute atomic E-state index is 0.0759. The van der Waals surface area contributed by atoms with Gasteiger partial charge in [0.15, 0.2) is 5.78 Å². The molecule has 0 saturated carbocycles. The number of rotatable bonds is 10. The molecule has 0 aliphatic heterocycles. The third-order valence-electron chi connectivity index (χ3n) is 4.32. The fourth-order valence-corrected chi connectivity index (χ4v) is 2.59. The molecule has 0 aliphatic carbocycles. The molecule has 0 spiro atoms. The zero-order valence-corrected chi connectivity index (χ0v) is 15.6. The van der Waals surface area contributed by atoms with Gasteiger partial charge in [-0.3, -0.25) is 4.79 Å². The molecule has 0 unspecified atom stereocenters. The number of benzene rings is 2. The van der Waals surface area contributed by atoms with E-state index in [1.54, 1.807) is 36.4 Å². The Kier molecular flexibility index (Phi) is 7.79. The predicted octanol–water partition coefficient (Wildman–Crippen LogP) is 2.44. The van der Waals surface area contributed by atoms with Crippen LogP contribution in [-0.4, -0.2) is 46.4 Å². The molecule has 0 radical (unpaired) electrons. The van der Waals surface area contributed by atoms with Crippen LogP contribution < -0.4 is 10.1 Å². The van der Waals surface area contributed by atoms with Crippen molar-refractivity contribution in [2.24, 2.45) is 0 Å². The van der Waals surface area contributed by atoms with E-state index in [-0.39, 0.29) is 30.7 Å². The quantitative estimate of drug-likeness (QED) is 0.478. The number of phenols is 1. The van der Waals surface area contributed by atoms with E-state index in [1.165, 1.54) is 12.1 Å². The predicted molar refractivity (Wildman–Crippen MR) is 103 cm³/mol. The summed E-state index contributed by atoms with van der Waals surface area (Å²) >= 11 is 0. The Morgan fingerprint density at radius 1 is 1.07 bits per heavy atom. The standard InChI is InChI=1S/C21H27NO5/c1-3-20(25)15-6-10-19(11-7-15)27-13-18(24)12-22-14(2)21(26)16-4-8-17(23)9-5-16/h4-11,14,18,21-24,26H,3,12-13H2,1-2H3/t14-,18+,21+/m0/s1. The van der Waals surface area contributed by atoms with E-state index in [0.29, 0.717) is 23.3 Å². The smallest absolute Gasteiger partial charge is 0.162 e. The Bertz CT molecular complexity index is 714. The average molecular weight is 373 g/mol. The number of carbonyl (C=O) groups is 1. The summed E-state index contributed by atoms with van der Waals surface area (Å²) in [4.78, 5) is 11.6. The number of hydrogen-bond donors (Lipinski definition) is 4. The summed E-state index contributed by atoms with van der Waals surface area (Å²) in [5.74, 6) is 0.803. The fourth-order valence-electron chi connectivity index (χ4n) is 2.59. The van der Waals surface area contributed by atoms with Gasteiger partial charge in [0.1, 0.15) is 24.2 Å². The maximum Gasteiger partial charge on any atom is 0.162 e. The van der Waals surface area contributed by atoms with Crippen molar-refractivity contribution in [2.45, 2.75) is 38.5 Å². The van der Waals surface area contributed by atoms with Gasteiger partial charge in [-0.25, -0.2) is 0 Å².